The van der Waals surface area contributed by atoms with Crippen LogP contribution in [0.3, 0.4) is 0 Å². The van der Waals surface area contributed by atoms with E-state index in [9.17, 15) is 4.79 Å². The van der Waals surface area contributed by atoms with Gasteiger partial charge in [-0.3, -0.25) is 4.99 Å². The Morgan fingerprint density at radius 3 is 2.74 bits per heavy atom. The van der Waals surface area contributed by atoms with E-state index >= 15 is 0 Å². The maximum Gasteiger partial charge on any atom is 0.338 e. The van der Waals surface area contributed by atoms with Gasteiger partial charge in [-0.2, -0.15) is 0 Å². The molecule has 0 amide bonds. The summed E-state index contributed by atoms with van der Waals surface area (Å²) in [5.74, 6) is -0.325. The van der Waals surface area contributed by atoms with Crippen molar-refractivity contribution in [2.24, 2.45) is 4.99 Å². The van der Waals surface area contributed by atoms with E-state index < -0.39 is 0 Å². The van der Waals surface area contributed by atoms with E-state index in [4.69, 9.17) is 4.74 Å². The van der Waals surface area contributed by atoms with Gasteiger partial charge < -0.3 is 4.74 Å². The predicted octanol–water partition coefficient (Wildman–Crippen LogP) is 3.13. The van der Waals surface area contributed by atoms with Gasteiger partial charge in [0.25, 0.3) is 0 Å². The molecule has 0 bridgehead atoms. The summed E-state index contributed by atoms with van der Waals surface area (Å²) in [6.07, 6.45) is 2.53. The third-order valence-corrected chi connectivity index (χ3v) is 3.31. The van der Waals surface area contributed by atoms with Crippen molar-refractivity contribution in [3.8, 4) is 0 Å². The van der Waals surface area contributed by atoms with E-state index in [0.717, 1.165) is 23.2 Å². The van der Waals surface area contributed by atoms with E-state index in [1.165, 1.54) is 12.7 Å². The molecule has 0 atom stereocenters. The number of esters is 1. The molecular weight excluding hydrogens is 238 g/mol. The molecule has 3 rings (SSSR count). The number of methoxy groups -OCH3 is 1. The molecule has 0 aliphatic carbocycles. The molecule has 2 aromatic rings. The van der Waals surface area contributed by atoms with Gasteiger partial charge in [0.15, 0.2) is 0 Å². The lowest BCUT2D eigenvalue weighted by atomic mass is 9.97. The fourth-order valence-electron chi connectivity index (χ4n) is 2.33. The predicted molar refractivity (Wildman–Crippen MR) is 74.3 cm³/mol. The maximum atomic E-state index is 11.8. The number of para-hydroxylation sites is 1. The van der Waals surface area contributed by atoms with Crippen LogP contribution >= 0.6 is 0 Å². The van der Waals surface area contributed by atoms with Gasteiger partial charge in [0.2, 0.25) is 0 Å². The zero-order valence-electron chi connectivity index (χ0n) is 10.6. The maximum absolute atomic E-state index is 11.8. The third kappa shape index (κ3) is 2.03. The number of carbonyl (C=O) groups is 1. The lowest BCUT2D eigenvalue weighted by Gasteiger charge is -2.08. The highest BCUT2D eigenvalue weighted by Gasteiger charge is 2.16. The summed E-state index contributed by atoms with van der Waals surface area (Å²) in [6.45, 7) is 0. The molecule has 1 aliphatic rings. The zero-order valence-corrected chi connectivity index (χ0v) is 10.6. The van der Waals surface area contributed by atoms with Crippen molar-refractivity contribution in [1.29, 1.82) is 0 Å². The Morgan fingerprint density at radius 1 is 1.11 bits per heavy atom. The zero-order chi connectivity index (χ0) is 13.2. The SMILES string of the molecule is COC(=O)c1cccc2c1C=Nc1ccccc1C2. The summed E-state index contributed by atoms with van der Waals surface area (Å²) in [7, 11) is 1.39. The molecule has 0 spiro atoms. The second kappa shape index (κ2) is 4.69. The van der Waals surface area contributed by atoms with Crippen LogP contribution in [0.4, 0.5) is 5.69 Å². The van der Waals surface area contributed by atoms with E-state index in [1.807, 2.05) is 30.3 Å². The first kappa shape index (κ1) is 11.7. The van der Waals surface area contributed by atoms with Crippen LogP contribution in [0.25, 0.3) is 0 Å². The monoisotopic (exact) mass is 251 g/mol. The van der Waals surface area contributed by atoms with Gasteiger partial charge in [0.1, 0.15) is 0 Å². The molecule has 2 aromatic carbocycles. The highest BCUT2D eigenvalue weighted by atomic mass is 16.5. The Bertz CT molecular complexity index is 674. The lowest BCUT2D eigenvalue weighted by Crippen LogP contribution is -2.07. The Balaban J connectivity index is 2.16. The molecule has 0 unspecified atom stereocenters. The van der Waals surface area contributed by atoms with Gasteiger partial charge in [0.05, 0.1) is 18.4 Å². The molecule has 1 heterocycles. The van der Waals surface area contributed by atoms with Crippen molar-refractivity contribution in [2.45, 2.75) is 6.42 Å². The van der Waals surface area contributed by atoms with E-state index in [-0.39, 0.29) is 5.97 Å². The Labute approximate surface area is 111 Å². The van der Waals surface area contributed by atoms with Gasteiger partial charge >= 0.3 is 5.97 Å². The van der Waals surface area contributed by atoms with Crippen molar-refractivity contribution < 1.29 is 9.53 Å². The molecule has 19 heavy (non-hydrogen) atoms. The van der Waals surface area contributed by atoms with Crippen molar-refractivity contribution in [3.63, 3.8) is 0 Å². The molecule has 0 saturated heterocycles. The fraction of sp³-hybridized carbons (Fsp3) is 0.125. The molecule has 0 N–H and O–H groups in total. The first-order valence-electron chi connectivity index (χ1n) is 6.12. The summed E-state index contributed by atoms with van der Waals surface area (Å²) in [4.78, 5) is 16.3. The van der Waals surface area contributed by atoms with Crippen LogP contribution in [-0.2, 0) is 11.2 Å². The number of ether oxygens (including phenoxy) is 1. The van der Waals surface area contributed by atoms with E-state index in [1.54, 1.807) is 12.3 Å². The molecule has 0 fully saturated rings. The number of aliphatic imine (C=N–C) groups is 1. The minimum Gasteiger partial charge on any atom is -0.465 e. The number of benzene rings is 2. The quantitative estimate of drug-likeness (QED) is 0.623. The summed E-state index contributed by atoms with van der Waals surface area (Å²) >= 11 is 0. The molecule has 3 nitrogen and oxygen atoms in total. The largest absolute Gasteiger partial charge is 0.465 e. The van der Waals surface area contributed by atoms with Crippen LogP contribution in [0, 0.1) is 0 Å². The van der Waals surface area contributed by atoms with Gasteiger partial charge in [0, 0.05) is 18.2 Å². The van der Waals surface area contributed by atoms with Gasteiger partial charge in [-0.1, -0.05) is 30.3 Å². The average Bonchev–Trinajstić information content (AvgIpc) is 2.65. The summed E-state index contributed by atoms with van der Waals surface area (Å²) in [5.41, 5.74) is 4.63. The first-order valence-corrected chi connectivity index (χ1v) is 6.12. The van der Waals surface area contributed by atoms with Crippen molar-refractivity contribution in [2.75, 3.05) is 7.11 Å². The molecule has 3 heteroatoms. The van der Waals surface area contributed by atoms with E-state index in [0.29, 0.717) is 5.56 Å². The Kier molecular flexibility index (Phi) is 2.88. The number of carbonyl (C=O) groups excluding carboxylic acids is 1. The van der Waals surface area contributed by atoms with Crippen LogP contribution in [-0.4, -0.2) is 19.3 Å². The van der Waals surface area contributed by atoms with Gasteiger partial charge in [-0.25, -0.2) is 4.79 Å². The number of hydrogen-bond acceptors (Lipinski definition) is 3. The normalized spacial score (nSPS) is 12.3. The number of nitrogens with zero attached hydrogens (tertiary/aromatic N) is 1. The molecular formula is C16H13NO2. The van der Waals surface area contributed by atoms with Crippen LogP contribution in [0.2, 0.25) is 0 Å². The second-order valence-electron chi connectivity index (χ2n) is 4.43. The van der Waals surface area contributed by atoms with Crippen LogP contribution in [0.5, 0.6) is 0 Å². The minimum absolute atomic E-state index is 0.325. The van der Waals surface area contributed by atoms with Crippen LogP contribution in [0.1, 0.15) is 27.0 Å². The standard InChI is InChI=1S/C16H13NO2/c1-19-16(18)13-7-4-6-11-9-12-5-2-3-8-15(12)17-10-14(11)13/h2-8,10H,9H2,1H3. The lowest BCUT2D eigenvalue weighted by molar-refractivity contribution is 0.0600. The smallest absolute Gasteiger partial charge is 0.338 e. The molecule has 0 saturated carbocycles. The second-order valence-corrected chi connectivity index (χ2v) is 4.43. The number of fused-ring (bicyclic) bond motifs is 2. The first-order chi connectivity index (χ1) is 9.29. The van der Waals surface area contributed by atoms with Crippen molar-refractivity contribution in [3.05, 3.63) is 64.7 Å². The molecule has 1 aliphatic heterocycles. The summed E-state index contributed by atoms with van der Waals surface area (Å²) in [6, 6.07) is 13.7. The topological polar surface area (TPSA) is 38.7 Å². The van der Waals surface area contributed by atoms with Crippen molar-refractivity contribution in [1.82, 2.24) is 0 Å². The van der Waals surface area contributed by atoms with E-state index in [2.05, 4.69) is 11.1 Å². The minimum atomic E-state index is -0.325. The van der Waals surface area contributed by atoms with Gasteiger partial charge in [-0.15, -0.1) is 0 Å². The molecule has 0 radical (unpaired) electrons. The Hall–Kier alpha value is -2.42. The van der Waals surface area contributed by atoms with Crippen LogP contribution in [0.15, 0.2) is 47.5 Å². The van der Waals surface area contributed by atoms with Gasteiger partial charge in [-0.05, 0) is 23.3 Å². The highest BCUT2D eigenvalue weighted by Crippen LogP contribution is 2.27. The highest BCUT2D eigenvalue weighted by molar-refractivity contribution is 6.01. The molecule has 0 aromatic heterocycles. The van der Waals surface area contributed by atoms with Crippen LogP contribution < -0.4 is 0 Å². The number of hydrogen-bond donors (Lipinski definition) is 0. The molecule has 94 valence electrons. The third-order valence-electron chi connectivity index (χ3n) is 3.31. The Morgan fingerprint density at radius 2 is 1.89 bits per heavy atom. The van der Waals surface area contributed by atoms with Crippen molar-refractivity contribution >= 4 is 17.9 Å². The summed E-state index contributed by atoms with van der Waals surface area (Å²) < 4.78 is 4.82. The summed E-state index contributed by atoms with van der Waals surface area (Å²) in [5, 5.41) is 0. The fourth-order valence-corrected chi connectivity index (χ4v) is 2.33. The average molecular weight is 251 g/mol. The number of rotatable bonds is 1.